The van der Waals surface area contributed by atoms with Gasteiger partial charge in [-0.2, -0.15) is 0 Å². The molecule has 6 heteroatoms. The maximum Gasteiger partial charge on any atom is 0.235 e. The zero-order chi connectivity index (χ0) is 14.9. The van der Waals surface area contributed by atoms with Crippen molar-refractivity contribution < 1.29 is 8.42 Å². The fourth-order valence-corrected chi connectivity index (χ4v) is 5.13. The first kappa shape index (κ1) is 14.7. The van der Waals surface area contributed by atoms with Crippen LogP contribution >= 0.6 is 0 Å². The lowest BCUT2D eigenvalue weighted by Gasteiger charge is -2.37. The Kier molecular flexibility index (Phi) is 4.08. The van der Waals surface area contributed by atoms with Crippen LogP contribution in [0.1, 0.15) is 12.8 Å². The van der Waals surface area contributed by atoms with E-state index < -0.39 is 10.0 Å². The zero-order valence-electron chi connectivity index (χ0n) is 12.5. The van der Waals surface area contributed by atoms with Crippen LogP contribution in [0.3, 0.4) is 0 Å². The van der Waals surface area contributed by atoms with Crippen LogP contribution in [0.2, 0.25) is 0 Å². The van der Waals surface area contributed by atoms with E-state index in [0.29, 0.717) is 6.54 Å². The van der Waals surface area contributed by atoms with Crippen molar-refractivity contribution in [2.24, 2.45) is 5.92 Å². The zero-order valence-corrected chi connectivity index (χ0v) is 13.3. The summed E-state index contributed by atoms with van der Waals surface area (Å²) in [5.41, 5.74) is 1.82. The molecule has 0 bridgehead atoms. The normalized spacial score (nSPS) is 20.4. The summed E-state index contributed by atoms with van der Waals surface area (Å²) in [4.78, 5) is 2.12. The predicted molar refractivity (Wildman–Crippen MR) is 86.4 cm³/mol. The van der Waals surface area contributed by atoms with E-state index in [1.165, 1.54) is 0 Å². The Labute approximate surface area is 127 Å². The third-order valence-corrected chi connectivity index (χ3v) is 6.38. The molecule has 2 aliphatic rings. The van der Waals surface area contributed by atoms with Gasteiger partial charge in [0, 0.05) is 13.6 Å². The van der Waals surface area contributed by atoms with E-state index in [0.717, 1.165) is 43.9 Å². The summed E-state index contributed by atoms with van der Waals surface area (Å²) in [5, 5.41) is 3.29. The summed E-state index contributed by atoms with van der Waals surface area (Å²) in [6.45, 7) is 3.14. The Morgan fingerprint density at radius 3 is 2.52 bits per heavy atom. The van der Waals surface area contributed by atoms with Gasteiger partial charge in [0.15, 0.2) is 0 Å². The molecular weight excluding hydrogens is 286 g/mol. The van der Waals surface area contributed by atoms with Crippen LogP contribution in [0.4, 0.5) is 11.4 Å². The molecule has 0 atom stereocenters. The van der Waals surface area contributed by atoms with Gasteiger partial charge in [0.2, 0.25) is 10.0 Å². The number of nitrogens with one attached hydrogen (secondary N) is 1. The van der Waals surface area contributed by atoms with Crippen molar-refractivity contribution in [3.05, 3.63) is 24.3 Å². The Bertz CT molecular complexity index is 597. The van der Waals surface area contributed by atoms with Gasteiger partial charge in [0.1, 0.15) is 0 Å². The number of sulfonamides is 1. The number of likely N-dealkylation sites (N-methyl/N-ethyl adjacent to an activating group) is 1. The van der Waals surface area contributed by atoms with Gasteiger partial charge < -0.3 is 10.2 Å². The van der Waals surface area contributed by atoms with Gasteiger partial charge in [0.25, 0.3) is 0 Å². The fraction of sp³-hybridized carbons (Fsp3) is 0.600. The molecule has 1 fully saturated rings. The molecule has 0 radical (unpaired) electrons. The first-order chi connectivity index (χ1) is 10.1. The van der Waals surface area contributed by atoms with Gasteiger partial charge in [-0.15, -0.1) is 0 Å². The van der Waals surface area contributed by atoms with Crippen molar-refractivity contribution in [3.8, 4) is 0 Å². The third-order valence-electron chi connectivity index (χ3n) is 4.44. The van der Waals surface area contributed by atoms with Crippen LogP contribution in [0.15, 0.2) is 24.3 Å². The molecule has 1 saturated heterocycles. The average Bonchev–Trinajstić information content (AvgIpc) is 2.48. The predicted octanol–water partition coefficient (Wildman–Crippen LogP) is 1.27. The van der Waals surface area contributed by atoms with Gasteiger partial charge >= 0.3 is 0 Å². The SMILES string of the molecule is CN1CCN(S(=O)(=O)CC2CCNCC2)c2ccccc21. The molecule has 3 rings (SSSR count). The molecule has 1 N–H and O–H groups in total. The standard InChI is InChI=1S/C15H23N3O2S/c1-17-10-11-18(15-5-3-2-4-14(15)17)21(19,20)12-13-6-8-16-9-7-13/h2-5,13,16H,6-12H2,1H3. The van der Waals surface area contributed by atoms with Gasteiger partial charge in [-0.3, -0.25) is 4.31 Å². The molecular formula is C15H23N3O2S. The van der Waals surface area contributed by atoms with Crippen molar-refractivity contribution in [1.82, 2.24) is 5.32 Å². The molecule has 0 unspecified atom stereocenters. The second-order valence-electron chi connectivity index (χ2n) is 5.95. The van der Waals surface area contributed by atoms with Crippen molar-refractivity contribution >= 4 is 21.4 Å². The van der Waals surface area contributed by atoms with E-state index in [1.807, 2.05) is 31.3 Å². The first-order valence-electron chi connectivity index (χ1n) is 7.59. The molecule has 1 aromatic rings. The molecule has 0 amide bonds. The molecule has 2 heterocycles. The quantitative estimate of drug-likeness (QED) is 0.914. The van der Waals surface area contributed by atoms with E-state index in [9.17, 15) is 8.42 Å². The van der Waals surface area contributed by atoms with E-state index in [4.69, 9.17) is 0 Å². The van der Waals surface area contributed by atoms with Crippen molar-refractivity contribution in [1.29, 1.82) is 0 Å². The van der Waals surface area contributed by atoms with Crippen LogP contribution in [-0.2, 0) is 10.0 Å². The summed E-state index contributed by atoms with van der Waals surface area (Å²) in [6.07, 6.45) is 1.91. The molecule has 2 aliphatic heterocycles. The lowest BCUT2D eigenvalue weighted by atomic mass is 10.0. The smallest absolute Gasteiger partial charge is 0.235 e. The number of benzene rings is 1. The highest BCUT2D eigenvalue weighted by molar-refractivity contribution is 7.92. The lowest BCUT2D eigenvalue weighted by molar-refractivity contribution is 0.401. The summed E-state index contributed by atoms with van der Waals surface area (Å²) in [7, 11) is -1.23. The van der Waals surface area contributed by atoms with Gasteiger partial charge in [-0.05, 0) is 44.0 Å². The number of para-hydroxylation sites is 2. The van der Waals surface area contributed by atoms with Crippen LogP contribution < -0.4 is 14.5 Å². The lowest BCUT2D eigenvalue weighted by Crippen LogP contribution is -2.45. The minimum absolute atomic E-state index is 0.271. The number of rotatable bonds is 3. The summed E-state index contributed by atoms with van der Waals surface area (Å²) >= 11 is 0. The molecule has 21 heavy (non-hydrogen) atoms. The maximum atomic E-state index is 12.8. The van der Waals surface area contributed by atoms with Crippen LogP contribution in [0.5, 0.6) is 0 Å². The molecule has 116 valence electrons. The molecule has 0 aliphatic carbocycles. The van der Waals surface area contributed by atoms with Crippen LogP contribution in [-0.4, -0.2) is 47.4 Å². The molecule has 0 spiro atoms. The highest BCUT2D eigenvalue weighted by Crippen LogP contribution is 2.34. The number of piperidine rings is 1. The molecule has 0 aromatic heterocycles. The number of nitrogens with zero attached hydrogens (tertiary/aromatic N) is 2. The topological polar surface area (TPSA) is 52.7 Å². The second kappa shape index (κ2) is 5.85. The Morgan fingerprint density at radius 1 is 1.14 bits per heavy atom. The maximum absolute atomic E-state index is 12.8. The minimum atomic E-state index is -3.24. The number of hydrogen-bond donors (Lipinski definition) is 1. The fourth-order valence-electron chi connectivity index (χ4n) is 3.20. The van der Waals surface area contributed by atoms with Gasteiger partial charge in [0.05, 0.1) is 23.7 Å². The van der Waals surface area contributed by atoms with Crippen molar-refractivity contribution in [2.45, 2.75) is 12.8 Å². The summed E-state index contributed by atoms with van der Waals surface area (Å²) < 4.78 is 27.2. The Morgan fingerprint density at radius 2 is 1.81 bits per heavy atom. The van der Waals surface area contributed by atoms with E-state index in [-0.39, 0.29) is 11.7 Å². The van der Waals surface area contributed by atoms with Gasteiger partial charge in [-0.1, -0.05) is 12.1 Å². The largest absolute Gasteiger partial charge is 0.371 e. The van der Waals surface area contributed by atoms with Crippen molar-refractivity contribution in [2.75, 3.05) is 48.2 Å². The van der Waals surface area contributed by atoms with E-state index in [1.54, 1.807) is 4.31 Å². The summed E-state index contributed by atoms with van der Waals surface area (Å²) in [6, 6.07) is 7.76. The van der Waals surface area contributed by atoms with E-state index >= 15 is 0 Å². The van der Waals surface area contributed by atoms with Crippen molar-refractivity contribution in [3.63, 3.8) is 0 Å². The highest BCUT2D eigenvalue weighted by Gasteiger charge is 2.31. The highest BCUT2D eigenvalue weighted by atomic mass is 32.2. The minimum Gasteiger partial charge on any atom is -0.371 e. The summed E-state index contributed by atoms with van der Waals surface area (Å²) in [5.74, 6) is 0.551. The van der Waals surface area contributed by atoms with Gasteiger partial charge in [-0.25, -0.2) is 8.42 Å². The average molecular weight is 309 g/mol. The molecule has 5 nitrogen and oxygen atoms in total. The Balaban J connectivity index is 1.84. The Hall–Kier alpha value is -1.27. The first-order valence-corrected chi connectivity index (χ1v) is 9.20. The van der Waals surface area contributed by atoms with Crippen LogP contribution in [0.25, 0.3) is 0 Å². The molecule has 1 aromatic carbocycles. The number of fused-ring (bicyclic) bond motifs is 1. The number of hydrogen-bond acceptors (Lipinski definition) is 4. The second-order valence-corrected chi connectivity index (χ2v) is 7.89. The molecule has 0 saturated carbocycles. The van der Waals surface area contributed by atoms with Crippen LogP contribution in [0, 0.1) is 5.92 Å². The third kappa shape index (κ3) is 3.01. The van der Waals surface area contributed by atoms with E-state index in [2.05, 4.69) is 10.2 Å². The number of anilines is 2. The monoisotopic (exact) mass is 309 g/mol.